The quantitative estimate of drug-likeness (QED) is 0.536. The Kier molecular flexibility index (Phi) is 4.60. The predicted octanol–water partition coefficient (Wildman–Crippen LogP) is 3.72. The molecule has 11 heavy (non-hydrogen) atoms. The summed E-state index contributed by atoms with van der Waals surface area (Å²) in [6, 6.07) is 0. The first-order valence-corrected chi connectivity index (χ1v) is 4.03. The van der Waals surface area contributed by atoms with Crippen LogP contribution in [0.5, 0.6) is 0 Å². The second-order valence-electron chi connectivity index (χ2n) is 3.44. The highest BCUT2D eigenvalue weighted by Gasteiger charge is 1.93. The van der Waals surface area contributed by atoms with E-state index >= 15 is 0 Å². The minimum atomic E-state index is 0.692. The van der Waals surface area contributed by atoms with Gasteiger partial charge >= 0.3 is 0 Å². The van der Waals surface area contributed by atoms with Crippen LogP contribution in [0.25, 0.3) is 0 Å². The largest absolute Gasteiger partial charge is 0.0961 e. The highest BCUT2D eigenvalue weighted by Crippen LogP contribution is 2.10. The molecule has 0 aromatic carbocycles. The van der Waals surface area contributed by atoms with Gasteiger partial charge in [0.2, 0.25) is 0 Å². The molecule has 0 heterocycles. The molecule has 0 amide bonds. The highest BCUT2D eigenvalue weighted by molar-refractivity contribution is 5.22. The molecule has 0 aliphatic carbocycles. The topological polar surface area (TPSA) is 0 Å². The highest BCUT2D eigenvalue weighted by atomic mass is 14.0. The Hall–Kier alpha value is -0.780. The average molecular weight is 150 g/mol. The Bertz CT molecular complexity index is 170. The lowest BCUT2D eigenvalue weighted by Crippen LogP contribution is -1.87. The SMILES string of the molecule is C=C(C)/C=C\C(=C)CC(C)C. The summed E-state index contributed by atoms with van der Waals surface area (Å²) in [5, 5.41) is 0. The molecular weight excluding hydrogens is 132 g/mol. The maximum Gasteiger partial charge on any atom is -0.0262 e. The molecule has 0 bridgehead atoms. The third-order valence-corrected chi connectivity index (χ3v) is 1.27. The van der Waals surface area contributed by atoms with E-state index in [0.29, 0.717) is 5.92 Å². The van der Waals surface area contributed by atoms with Crippen LogP contribution in [0, 0.1) is 5.92 Å². The van der Waals surface area contributed by atoms with Gasteiger partial charge in [0, 0.05) is 0 Å². The normalized spacial score (nSPS) is 10.9. The van der Waals surface area contributed by atoms with Gasteiger partial charge in [-0.3, -0.25) is 0 Å². The van der Waals surface area contributed by atoms with Crippen LogP contribution in [0.4, 0.5) is 0 Å². The van der Waals surface area contributed by atoms with E-state index in [1.807, 2.05) is 19.1 Å². The van der Waals surface area contributed by atoms with Crippen molar-refractivity contribution in [2.45, 2.75) is 27.2 Å². The second-order valence-corrected chi connectivity index (χ2v) is 3.44. The van der Waals surface area contributed by atoms with Crippen LogP contribution in [0.1, 0.15) is 27.2 Å². The molecule has 0 aliphatic rings. The van der Waals surface area contributed by atoms with Crippen LogP contribution in [-0.4, -0.2) is 0 Å². The number of hydrogen-bond donors (Lipinski definition) is 0. The van der Waals surface area contributed by atoms with Gasteiger partial charge in [-0.1, -0.05) is 50.3 Å². The summed E-state index contributed by atoms with van der Waals surface area (Å²) in [6.07, 6.45) is 5.12. The van der Waals surface area contributed by atoms with Gasteiger partial charge in [0.05, 0.1) is 0 Å². The molecule has 0 saturated carbocycles. The van der Waals surface area contributed by atoms with Gasteiger partial charge in [0.15, 0.2) is 0 Å². The molecule has 0 fully saturated rings. The molecule has 0 aromatic rings. The molecule has 0 aliphatic heterocycles. The van der Waals surface area contributed by atoms with E-state index in [4.69, 9.17) is 0 Å². The monoisotopic (exact) mass is 150 g/mol. The van der Waals surface area contributed by atoms with Crippen LogP contribution in [0.15, 0.2) is 36.5 Å². The van der Waals surface area contributed by atoms with Gasteiger partial charge in [-0.25, -0.2) is 0 Å². The minimum Gasteiger partial charge on any atom is -0.0961 e. The summed E-state index contributed by atoms with van der Waals surface area (Å²) < 4.78 is 0. The lowest BCUT2D eigenvalue weighted by Gasteiger charge is -2.02. The Morgan fingerprint density at radius 3 is 2.18 bits per heavy atom. The molecule has 0 rings (SSSR count). The molecule has 0 radical (unpaired) electrons. The van der Waals surface area contributed by atoms with Crippen molar-refractivity contribution in [3.63, 3.8) is 0 Å². The Balaban J connectivity index is 3.78. The Labute approximate surface area is 70.3 Å². The molecule has 0 heteroatoms. The third kappa shape index (κ3) is 7.11. The first-order valence-electron chi connectivity index (χ1n) is 4.03. The maximum atomic E-state index is 3.94. The zero-order valence-corrected chi connectivity index (χ0v) is 7.85. The fourth-order valence-electron chi connectivity index (χ4n) is 0.853. The molecule has 0 saturated heterocycles. The summed E-state index contributed by atoms with van der Waals surface area (Å²) in [4.78, 5) is 0. The van der Waals surface area contributed by atoms with Crippen molar-refractivity contribution in [1.29, 1.82) is 0 Å². The van der Waals surface area contributed by atoms with E-state index in [9.17, 15) is 0 Å². The molecule has 0 atom stereocenters. The van der Waals surface area contributed by atoms with Gasteiger partial charge in [0.25, 0.3) is 0 Å². The molecule has 62 valence electrons. The van der Waals surface area contributed by atoms with Crippen molar-refractivity contribution < 1.29 is 0 Å². The van der Waals surface area contributed by atoms with E-state index in [-0.39, 0.29) is 0 Å². The minimum absolute atomic E-state index is 0.692. The van der Waals surface area contributed by atoms with Crippen LogP contribution >= 0.6 is 0 Å². The smallest absolute Gasteiger partial charge is 0.0262 e. The average Bonchev–Trinajstić information content (AvgIpc) is 1.82. The van der Waals surface area contributed by atoms with Gasteiger partial charge in [-0.2, -0.15) is 0 Å². The summed E-state index contributed by atoms with van der Waals surface area (Å²) in [6.45, 7) is 14.1. The first kappa shape index (κ1) is 10.2. The third-order valence-electron chi connectivity index (χ3n) is 1.27. The van der Waals surface area contributed by atoms with Crippen molar-refractivity contribution >= 4 is 0 Å². The number of rotatable bonds is 4. The predicted molar refractivity (Wildman–Crippen MR) is 52.5 cm³/mol. The van der Waals surface area contributed by atoms with Crippen LogP contribution < -0.4 is 0 Å². The zero-order chi connectivity index (χ0) is 8.85. The summed E-state index contributed by atoms with van der Waals surface area (Å²) in [7, 11) is 0. The van der Waals surface area contributed by atoms with Gasteiger partial charge in [0.1, 0.15) is 0 Å². The van der Waals surface area contributed by atoms with E-state index in [2.05, 4.69) is 27.0 Å². The van der Waals surface area contributed by atoms with Gasteiger partial charge < -0.3 is 0 Å². The molecular formula is C11H18. The van der Waals surface area contributed by atoms with Crippen LogP contribution in [-0.2, 0) is 0 Å². The fourth-order valence-corrected chi connectivity index (χ4v) is 0.853. The van der Waals surface area contributed by atoms with E-state index in [1.54, 1.807) is 0 Å². The van der Waals surface area contributed by atoms with Crippen LogP contribution in [0.3, 0.4) is 0 Å². The summed E-state index contributed by atoms with van der Waals surface area (Å²) in [5.41, 5.74) is 2.26. The van der Waals surface area contributed by atoms with Crippen molar-refractivity contribution in [1.82, 2.24) is 0 Å². The molecule has 0 unspecified atom stereocenters. The van der Waals surface area contributed by atoms with Gasteiger partial charge in [-0.05, 0) is 19.3 Å². The maximum absolute atomic E-state index is 3.94. The molecule has 0 N–H and O–H groups in total. The van der Waals surface area contributed by atoms with Crippen molar-refractivity contribution in [3.05, 3.63) is 36.5 Å². The second kappa shape index (κ2) is 4.95. The molecule has 0 spiro atoms. The lowest BCUT2D eigenvalue weighted by atomic mass is 10.0. The van der Waals surface area contributed by atoms with Crippen molar-refractivity contribution in [2.24, 2.45) is 5.92 Å². The van der Waals surface area contributed by atoms with E-state index in [1.165, 1.54) is 5.57 Å². The standard InChI is InChI=1S/C11H18/c1-9(2)6-7-11(5)8-10(3)4/h6-7,10H,1,5,8H2,2-4H3/b7-6-. The number of allylic oxidation sites excluding steroid dienone is 4. The van der Waals surface area contributed by atoms with E-state index in [0.717, 1.165) is 12.0 Å². The first-order chi connectivity index (χ1) is 5.02. The zero-order valence-electron chi connectivity index (χ0n) is 7.85. The van der Waals surface area contributed by atoms with Gasteiger partial charge in [-0.15, -0.1) is 0 Å². The van der Waals surface area contributed by atoms with Crippen molar-refractivity contribution in [3.8, 4) is 0 Å². The number of hydrogen-bond acceptors (Lipinski definition) is 0. The molecule has 0 nitrogen and oxygen atoms in total. The summed E-state index contributed by atoms with van der Waals surface area (Å²) in [5.74, 6) is 0.692. The lowest BCUT2D eigenvalue weighted by molar-refractivity contribution is 0.651. The van der Waals surface area contributed by atoms with Crippen LogP contribution in [0.2, 0.25) is 0 Å². The summed E-state index contributed by atoms with van der Waals surface area (Å²) >= 11 is 0. The Morgan fingerprint density at radius 1 is 1.27 bits per heavy atom. The molecule has 0 aromatic heterocycles. The van der Waals surface area contributed by atoms with E-state index < -0.39 is 0 Å². The van der Waals surface area contributed by atoms with Crippen molar-refractivity contribution in [2.75, 3.05) is 0 Å². The fraction of sp³-hybridized carbons (Fsp3) is 0.455. The Morgan fingerprint density at radius 2 is 1.82 bits per heavy atom.